The van der Waals surface area contributed by atoms with Gasteiger partial charge in [0, 0.05) is 43.4 Å². The highest BCUT2D eigenvalue weighted by atomic mass is 35.5. The van der Waals surface area contributed by atoms with Crippen LogP contribution in [0.1, 0.15) is 19.5 Å². The van der Waals surface area contributed by atoms with E-state index in [1.165, 1.54) is 0 Å². The minimum absolute atomic E-state index is 0.0662. The lowest BCUT2D eigenvalue weighted by atomic mass is 10.1. The first-order valence-electron chi connectivity index (χ1n) is 10.9. The van der Waals surface area contributed by atoms with Crippen molar-refractivity contribution in [1.29, 1.82) is 0 Å². The molecule has 1 aliphatic heterocycles. The maximum absolute atomic E-state index is 13.5. The highest BCUT2D eigenvalue weighted by molar-refractivity contribution is 7.13. The second-order valence-electron chi connectivity index (χ2n) is 7.76. The third-order valence-corrected chi connectivity index (χ3v) is 6.89. The summed E-state index contributed by atoms with van der Waals surface area (Å²) in [5.41, 5.74) is 1.67. The number of anilines is 2. The van der Waals surface area contributed by atoms with Crippen LogP contribution in [-0.2, 0) is 11.3 Å². The molecule has 2 unspecified atom stereocenters. The third kappa shape index (κ3) is 4.71. The summed E-state index contributed by atoms with van der Waals surface area (Å²) in [5, 5.41) is 6.85. The van der Waals surface area contributed by atoms with Crippen molar-refractivity contribution in [2.24, 2.45) is 0 Å². The van der Waals surface area contributed by atoms with Crippen LogP contribution in [0, 0.1) is 6.92 Å². The van der Waals surface area contributed by atoms with Crippen LogP contribution in [0.3, 0.4) is 0 Å². The van der Waals surface area contributed by atoms with Crippen LogP contribution in [0.5, 0.6) is 5.75 Å². The number of aromatic nitrogens is 3. The zero-order valence-electron chi connectivity index (χ0n) is 19.2. The van der Waals surface area contributed by atoms with E-state index in [0.29, 0.717) is 59.8 Å². The molecule has 0 saturated carbocycles. The minimum Gasteiger partial charge on any atom is -0.497 e. The van der Waals surface area contributed by atoms with Gasteiger partial charge in [0.2, 0.25) is 0 Å². The molecule has 0 bridgehead atoms. The number of hydrogen-bond donors (Lipinski definition) is 1. The van der Waals surface area contributed by atoms with E-state index in [4.69, 9.17) is 26.1 Å². The monoisotopic (exact) mass is 489 g/mol. The lowest BCUT2D eigenvalue weighted by Gasteiger charge is -2.22. The molecule has 1 aliphatic rings. The first-order valence-corrected chi connectivity index (χ1v) is 12.2. The number of rotatable bonds is 8. The molecule has 0 spiro atoms. The summed E-state index contributed by atoms with van der Waals surface area (Å²) in [5.74, 6) is 1.19. The van der Waals surface area contributed by atoms with Gasteiger partial charge in [-0.15, -0.1) is 11.3 Å². The van der Waals surface area contributed by atoms with Gasteiger partial charge in [-0.25, -0.2) is 9.97 Å². The number of benzene rings is 1. The molecule has 1 saturated heterocycles. The van der Waals surface area contributed by atoms with E-state index in [2.05, 4.69) is 15.2 Å². The number of nitrogens with one attached hydrogen (secondary N) is 1. The molecule has 1 fully saturated rings. The smallest absolute Gasteiger partial charge is 0.277 e. The van der Waals surface area contributed by atoms with Gasteiger partial charge in [0.05, 0.1) is 30.0 Å². The maximum Gasteiger partial charge on any atom is 0.277 e. The summed E-state index contributed by atoms with van der Waals surface area (Å²) in [6.07, 6.45) is 1.73. The van der Waals surface area contributed by atoms with Gasteiger partial charge in [0.15, 0.2) is 5.13 Å². The van der Waals surface area contributed by atoms with Crippen molar-refractivity contribution in [3.05, 3.63) is 50.8 Å². The highest BCUT2D eigenvalue weighted by Gasteiger charge is 2.35. The fourth-order valence-electron chi connectivity index (χ4n) is 4.14. The number of nitrogens with zero attached hydrogens (tertiary/aromatic N) is 4. The largest absolute Gasteiger partial charge is 0.497 e. The Labute approximate surface area is 202 Å². The van der Waals surface area contributed by atoms with Gasteiger partial charge in [0.1, 0.15) is 17.3 Å². The fraction of sp³-hybridized carbons (Fsp3) is 0.435. The molecule has 0 radical (unpaired) electrons. The normalized spacial score (nSPS) is 18.0. The zero-order chi connectivity index (χ0) is 23.5. The van der Waals surface area contributed by atoms with E-state index in [1.54, 1.807) is 35.3 Å². The second-order valence-corrected chi connectivity index (χ2v) is 9.04. The zero-order valence-corrected chi connectivity index (χ0v) is 20.7. The second kappa shape index (κ2) is 10.1. The summed E-state index contributed by atoms with van der Waals surface area (Å²) >= 11 is 8.09. The summed E-state index contributed by atoms with van der Waals surface area (Å²) in [4.78, 5) is 24.9. The van der Waals surface area contributed by atoms with Gasteiger partial charge < -0.3 is 19.7 Å². The summed E-state index contributed by atoms with van der Waals surface area (Å²) in [6.45, 7) is 8.21. The Morgan fingerprint density at radius 2 is 2.12 bits per heavy atom. The first-order chi connectivity index (χ1) is 16.0. The van der Waals surface area contributed by atoms with Crippen LogP contribution in [0.2, 0.25) is 5.02 Å². The molecule has 3 aromatic rings. The standard InChI is InChI=1S/C23H28ClN5O3S/c1-5-29-21(16-8-7-15(31-4)11-17(16)24)26-14(3)20(22(29)30)27-18-12-28(13-19(18)32-6-2)23-25-9-10-33-23/h7-11,18-19,27H,5-6,12-13H2,1-4H3. The van der Waals surface area contributed by atoms with Crippen LogP contribution in [0.15, 0.2) is 34.6 Å². The van der Waals surface area contributed by atoms with E-state index in [1.807, 2.05) is 38.3 Å². The van der Waals surface area contributed by atoms with Crippen LogP contribution in [0.25, 0.3) is 11.4 Å². The van der Waals surface area contributed by atoms with Crippen LogP contribution in [0.4, 0.5) is 10.8 Å². The van der Waals surface area contributed by atoms with Crippen molar-refractivity contribution >= 4 is 33.8 Å². The van der Waals surface area contributed by atoms with Crippen molar-refractivity contribution in [1.82, 2.24) is 14.5 Å². The Morgan fingerprint density at radius 1 is 1.30 bits per heavy atom. The van der Waals surface area contributed by atoms with Crippen LogP contribution < -0.4 is 20.5 Å². The first kappa shape index (κ1) is 23.5. The molecule has 176 valence electrons. The van der Waals surface area contributed by atoms with Gasteiger partial charge in [-0.3, -0.25) is 9.36 Å². The van der Waals surface area contributed by atoms with E-state index < -0.39 is 0 Å². The van der Waals surface area contributed by atoms with Crippen molar-refractivity contribution in [2.75, 3.05) is 37.0 Å². The number of ether oxygens (including phenoxy) is 2. The van der Waals surface area contributed by atoms with Crippen molar-refractivity contribution < 1.29 is 9.47 Å². The van der Waals surface area contributed by atoms with E-state index in [9.17, 15) is 4.79 Å². The van der Waals surface area contributed by atoms with E-state index >= 15 is 0 Å². The number of methoxy groups -OCH3 is 1. The molecular weight excluding hydrogens is 462 g/mol. The van der Waals surface area contributed by atoms with Crippen LogP contribution in [-0.4, -0.2) is 53.5 Å². The van der Waals surface area contributed by atoms with Crippen molar-refractivity contribution in [3.8, 4) is 17.1 Å². The average molecular weight is 490 g/mol. The maximum atomic E-state index is 13.5. The Hall–Kier alpha value is -2.62. The summed E-state index contributed by atoms with van der Waals surface area (Å²) in [6, 6.07) is 5.30. The number of hydrogen-bond acceptors (Lipinski definition) is 8. The highest BCUT2D eigenvalue weighted by Crippen LogP contribution is 2.31. The Kier molecular flexibility index (Phi) is 7.21. The van der Waals surface area contributed by atoms with E-state index in [-0.39, 0.29) is 17.7 Å². The van der Waals surface area contributed by atoms with Gasteiger partial charge in [-0.1, -0.05) is 11.6 Å². The lowest BCUT2D eigenvalue weighted by Crippen LogP contribution is -2.38. The molecule has 0 aliphatic carbocycles. The molecule has 3 heterocycles. The molecule has 2 atom stereocenters. The molecular formula is C23H28ClN5O3S. The van der Waals surface area contributed by atoms with Gasteiger partial charge >= 0.3 is 0 Å². The molecule has 10 heteroatoms. The molecule has 2 aromatic heterocycles. The number of aryl methyl sites for hydroxylation is 1. The molecule has 4 rings (SSSR count). The van der Waals surface area contributed by atoms with Gasteiger partial charge in [-0.2, -0.15) is 0 Å². The predicted octanol–water partition coefficient (Wildman–Crippen LogP) is 4.06. The third-order valence-electron chi connectivity index (χ3n) is 5.75. The molecule has 1 aromatic carbocycles. The Morgan fingerprint density at radius 3 is 2.76 bits per heavy atom. The van der Waals surface area contributed by atoms with Crippen LogP contribution >= 0.6 is 22.9 Å². The minimum atomic E-state index is -0.130. The summed E-state index contributed by atoms with van der Waals surface area (Å²) < 4.78 is 12.9. The predicted molar refractivity (Wildman–Crippen MR) is 133 cm³/mol. The quantitative estimate of drug-likeness (QED) is 0.511. The molecule has 0 amide bonds. The summed E-state index contributed by atoms with van der Waals surface area (Å²) in [7, 11) is 1.59. The topological polar surface area (TPSA) is 81.5 Å². The number of halogens is 1. The van der Waals surface area contributed by atoms with Crippen molar-refractivity contribution in [2.45, 2.75) is 39.5 Å². The molecule has 33 heavy (non-hydrogen) atoms. The Balaban J connectivity index is 1.68. The molecule has 8 nitrogen and oxygen atoms in total. The van der Waals surface area contributed by atoms with Gasteiger partial charge in [-0.05, 0) is 39.0 Å². The average Bonchev–Trinajstić information content (AvgIpc) is 3.47. The number of thiazole rings is 1. The Bertz CT molecular complexity index is 1170. The SMILES string of the molecule is CCOC1CN(c2nccs2)CC1Nc1c(C)nc(-c2ccc(OC)cc2Cl)n(CC)c1=O. The fourth-order valence-corrected chi connectivity index (χ4v) is 5.06. The lowest BCUT2D eigenvalue weighted by molar-refractivity contribution is 0.0720. The van der Waals surface area contributed by atoms with Crippen molar-refractivity contribution in [3.63, 3.8) is 0 Å². The van der Waals surface area contributed by atoms with E-state index in [0.717, 1.165) is 5.13 Å². The van der Waals surface area contributed by atoms with Gasteiger partial charge in [0.25, 0.3) is 5.56 Å². The molecule has 1 N–H and O–H groups in total.